The maximum absolute atomic E-state index is 13.6. The lowest BCUT2D eigenvalue weighted by molar-refractivity contribution is -0.321. The summed E-state index contributed by atoms with van der Waals surface area (Å²) in [5, 5.41) is 15.6. The van der Waals surface area contributed by atoms with Gasteiger partial charge in [-0.15, -0.1) is 11.8 Å². The Hall–Kier alpha value is -3.51. The van der Waals surface area contributed by atoms with Gasteiger partial charge >= 0.3 is 0 Å². The average Bonchev–Trinajstić information content (AvgIpc) is 3.64. The molecule has 0 radical (unpaired) electrons. The van der Waals surface area contributed by atoms with Gasteiger partial charge in [-0.2, -0.15) is 0 Å². The Morgan fingerprint density at radius 1 is 1.03 bits per heavy atom. The summed E-state index contributed by atoms with van der Waals surface area (Å²) in [4.78, 5) is 26.3. The highest BCUT2D eigenvalue weighted by Crippen LogP contribution is 2.64. The molecule has 3 atom stereocenters. The number of hydrogen-bond acceptors (Lipinski definition) is 5. The van der Waals surface area contributed by atoms with Gasteiger partial charge in [0.2, 0.25) is 0 Å². The van der Waals surface area contributed by atoms with Crippen LogP contribution in [0.15, 0.2) is 82.6 Å². The van der Waals surface area contributed by atoms with E-state index in [2.05, 4.69) is 30.3 Å². The van der Waals surface area contributed by atoms with Gasteiger partial charge in [0.1, 0.15) is 5.54 Å². The van der Waals surface area contributed by atoms with E-state index in [0.717, 1.165) is 34.6 Å². The van der Waals surface area contributed by atoms with E-state index < -0.39 is 11.5 Å². The number of thioether (sulfide) groups is 1. The fourth-order valence-corrected chi connectivity index (χ4v) is 8.31. The van der Waals surface area contributed by atoms with E-state index in [0.29, 0.717) is 24.4 Å². The maximum atomic E-state index is 13.6. The molecule has 2 aliphatic carbocycles. The number of carboxylic acids is 1. The number of carbonyl (C=O) groups excluding carboxylic acids is 1. The van der Waals surface area contributed by atoms with Crippen LogP contribution in [0.25, 0.3) is 10.8 Å². The molecule has 7 rings (SSSR count). The van der Waals surface area contributed by atoms with Crippen molar-refractivity contribution in [2.45, 2.75) is 53.3 Å². The van der Waals surface area contributed by atoms with Crippen LogP contribution in [0, 0.1) is 0 Å². The molecule has 0 amide bonds. The zero-order valence-corrected chi connectivity index (χ0v) is 20.5. The summed E-state index contributed by atoms with van der Waals surface area (Å²) in [6.45, 7) is 0. The van der Waals surface area contributed by atoms with Gasteiger partial charge in [0.15, 0.2) is 0 Å². The maximum Gasteiger partial charge on any atom is 0.252 e. The molecule has 0 saturated heterocycles. The van der Waals surface area contributed by atoms with Crippen LogP contribution < -0.4 is 16.4 Å². The van der Waals surface area contributed by atoms with E-state index in [1.54, 1.807) is 22.4 Å². The van der Waals surface area contributed by atoms with Crippen LogP contribution in [-0.4, -0.2) is 15.8 Å². The van der Waals surface area contributed by atoms with Crippen molar-refractivity contribution in [3.63, 3.8) is 0 Å². The first-order chi connectivity index (χ1) is 17.5. The fourth-order valence-electron chi connectivity index (χ4n) is 6.37. The second-order valence-electron chi connectivity index (χ2n) is 10.4. The summed E-state index contributed by atoms with van der Waals surface area (Å²) >= 11 is 1.56. The van der Waals surface area contributed by atoms with Gasteiger partial charge in [0, 0.05) is 22.9 Å². The number of nitrogen functional groups attached to an aromatic ring is 1. The van der Waals surface area contributed by atoms with Crippen molar-refractivity contribution in [3.05, 3.63) is 105 Å². The SMILES string of the molecule is Nc1cccc([C@@H]2CC3(C(=O)[O-])C2Sc2c(C4CC4)c(Cc4cccc5ccccc45)cc(=O)n23)c1. The third-order valence-corrected chi connectivity index (χ3v) is 9.84. The lowest BCUT2D eigenvalue weighted by atomic mass is 9.64. The summed E-state index contributed by atoms with van der Waals surface area (Å²) in [6.07, 6.45) is 3.13. The molecular weight excluding hydrogens is 468 g/mol. The molecule has 36 heavy (non-hydrogen) atoms. The van der Waals surface area contributed by atoms with E-state index in [1.807, 2.05) is 36.4 Å². The smallest absolute Gasteiger partial charge is 0.252 e. The van der Waals surface area contributed by atoms with E-state index >= 15 is 0 Å². The highest BCUT2D eigenvalue weighted by molar-refractivity contribution is 8.00. The number of benzene rings is 3. The molecule has 4 aromatic rings. The predicted octanol–water partition coefficient (Wildman–Crippen LogP) is 4.16. The summed E-state index contributed by atoms with van der Waals surface area (Å²) < 4.78 is 1.57. The van der Waals surface area contributed by atoms with Gasteiger partial charge in [-0.25, -0.2) is 0 Å². The van der Waals surface area contributed by atoms with Crippen LogP contribution in [0.1, 0.15) is 53.4 Å². The molecule has 3 aliphatic rings. The lowest BCUT2D eigenvalue weighted by Gasteiger charge is -2.51. The molecule has 1 aromatic heterocycles. The fraction of sp³-hybridized carbons (Fsp3) is 0.267. The minimum atomic E-state index is -1.31. The lowest BCUT2D eigenvalue weighted by Crippen LogP contribution is -2.65. The number of aromatic nitrogens is 1. The van der Waals surface area contributed by atoms with Crippen LogP contribution in [0.3, 0.4) is 0 Å². The van der Waals surface area contributed by atoms with Crippen molar-refractivity contribution in [3.8, 4) is 0 Å². The summed E-state index contributed by atoms with van der Waals surface area (Å²) in [5.74, 6) is -0.791. The standard InChI is InChI=1S/C30H26N2O3S/c31-22-9-4-8-20(14-22)24-16-30(29(34)35)27(24)36-28-26(18-11-12-18)21(15-25(33)32(28)30)13-19-7-3-6-17-5-1-2-10-23(17)19/h1-10,14-15,18,24,27H,11-13,16,31H2,(H,34,35)/p-1/t24-,27?,30?/m0/s1. The summed E-state index contributed by atoms with van der Waals surface area (Å²) in [6, 6.07) is 23.9. The van der Waals surface area contributed by atoms with Gasteiger partial charge in [0.05, 0.1) is 11.0 Å². The van der Waals surface area contributed by atoms with Crippen LogP contribution in [0.4, 0.5) is 5.69 Å². The number of fused-ring (bicyclic) bond motifs is 4. The number of carboxylic acid groups (broad SMARTS) is 1. The summed E-state index contributed by atoms with van der Waals surface area (Å²) in [7, 11) is 0. The Labute approximate surface area is 213 Å². The third kappa shape index (κ3) is 3.03. The quantitative estimate of drug-likeness (QED) is 0.422. The highest BCUT2D eigenvalue weighted by Gasteiger charge is 2.63. The minimum Gasteiger partial charge on any atom is -0.548 e. The first-order valence-electron chi connectivity index (χ1n) is 12.5. The molecule has 0 spiro atoms. The van der Waals surface area contributed by atoms with Crippen molar-refractivity contribution >= 4 is 34.2 Å². The monoisotopic (exact) mass is 493 g/mol. The van der Waals surface area contributed by atoms with E-state index in [1.165, 1.54) is 16.3 Å². The Bertz CT molecular complexity index is 1620. The molecule has 2 fully saturated rings. The molecule has 2 unspecified atom stereocenters. The van der Waals surface area contributed by atoms with Crippen LogP contribution in [0.5, 0.6) is 0 Å². The van der Waals surface area contributed by atoms with E-state index in [-0.39, 0.29) is 16.7 Å². The Morgan fingerprint density at radius 3 is 2.58 bits per heavy atom. The van der Waals surface area contributed by atoms with Gasteiger partial charge in [-0.05, 0) is 76.8 Å². The molecule has 2 saturated carbocycles. The van der Waals surface area contributed by atoms with Crippen molar-refractivity contribution in [2.75, 3.05) is 5.73 Å². The normalized spacial score (nSPS) is 24.2. The molecule has 3 aromatic carbocycles. The second kappa shape index (κ2) is 7.74. The second-order valence-corrected chi connectivity index (χ2v) is 11.5. The van der Waals surface area contributed by atoms with Crippen molar-refractivity contribution in [1.29, 1.82) is 0 Å². The van der Waals surface area contributed by atoms with Crippen molar-refractivity contribution in [2.24, 2.45) is 0 Å². The Kier molecular flexibility index (Phi) is 4.68. The molecule has 180 valence electrons. The van der Waals surface area contributed by atoms with E-state index in [9.17, 15) is 14.7 Å². The minimum absolute atomic E-state index is 0.00395. The number of rotatable bonds is 5. The molecule has 2 N–H and O–H groups in total. The van der Waals surface area contributed by atoms with Crippen LogP contribution >= 0.6 is 11.8 Å². The number of nitrogens with two attached hydrogens (primary N) is 1. The highest BCUT2D eigenvalue weighted by atomic mass is 32.2. The number of carbonyl (C=O) groups is 1. The van der Waals surface area contributed by atoms with Crippen LogP contribution in [0.2, 0.25) is 0 Å². The molecular formula is C30H25N2O3S-. The summed E-state index contributed by atoms with van der Waals surface area (Å²) in [5.41, 5.74) is 9.52. The number of hydrogen-bond donors (Lipinski definition) is 1. The molecule has 1 aliphatic heterocycles. The molecule has 5 nitrogen and oxygen atoms in total. The van der Waals surface area contributed by atoms with Gasteiger partial charge < -0.3 is 15.6 Å². The number of aliphatic carboxylic acids is 1. The molecule has 6 heteroatoms. The number of pyridine rings is 1. The zero-order chi connectivity index (χ0) is 24.6. The third-order valence-electron chi connectivity index (χ3n) is 8.24. The van der Waals surface area contributed by atoms with Gasteiger partial charge in [-0.3, -0.25) is 9.36 Å². The largest absolute Gasteiger partial charge is 0.548 e. The van der Waals surface area contributed by atoms with Gasteiger partial charge in [-0.1, -0.05) is 54.6 Å². The predicted molar refractivity (Wildman–Crippen MR) is 140 cm³/mol. The molecule has 0 bridgehead atoms. The number of nitrogens with zero attached hydrogens (tertiary/aromatic N) is 1. The molecule has 2 heterocycles. The average molecular weight is 494 g/mol. The first kappa shape index (κ1) is 21.7. The van der Waals surface area contributed by atoms with Gasteiger partial charge in [0.25, 0.3) is 5.56 Å². The Morgan fingerprint density at radius 2 is 1.81 bits per heavy atom. The topological polar surface area (TPSA) is 88.2 Å². The first-order valence-corrected chi connectivity index (χ1v) is 13.3. The van der Waals surface area contributed by atoms with Crippen molar-refractivity contribution in [1.82, 2.24) is 4.57 Å². The number of anilines is 1. The van der Waals surface area contributed by atoms with Crippen molar-refractivity contribution < 1.29 is 9.90 Å². The van der Waals surface area contributed by atoms with E-state index in [4.69, 9.17) is 5.73 Å². The zero-order valence-electron chi connectivity index (χ0n) is 19.6. The Balaban J connectivity index is 1.36. The van der Waals surface area contributed by atoms with Crippen LogP contribution in [-0.2, 0) is 16.8 Å².